The highest BCUT2D eigenvalue weighted by molar-refractivity contribution is 6.31. The number of carbonyl (C=O) groups is 1. The maximum absolute atomic E-state index is 15.4. The third-order valence-corrected chi connectivity index (χ3v) is 7.30. The Morgan fingerprint density at radius 2 is 1.75 bits per heavy atom. The molecule has 0 aliphatic carbocycles. The van der Waals surface area contributed by atoms with Crippen LogP contribution in [0, 0.1) is 5.82 Å². The molecule has 2 heterocycles. The Kier molecular flexibility index (Phi) is 9.17. The van der Waals surface area contributed by atoms with Crippen molar-refractivity contribution >= 4 is 28.6 Å². The smallest absolute Gasteiger partial charge is 0.416 e. The maximum atomic E-state index is 15.4. The maximum Gasteiger partial charge on any atom is 0.416 e. The number of aromatic nitrogens is 3. The first kappa shape index (κ1) is 31.0. The summed E-state index contributed by atoms with van der Waals surface area (Å²) in [5, 5.41) is -0.0757. The molecule has 0 bridgehead atoms. The number of alkyl halides is 3. The Labute approximate surface area is 255 Å². The zero-order chi connectivity index (χ0) is 31.4. The topological polar surface area (TPSA) is 75.5 Å². The Balaban J connectivity index is 1.35. The normalized spacial score (nSPS) is 11.6. The minimum atomic E-state index is -4.50. The van der Waals surface area contributed by atoms with Crippen molar-refractivity contribution in [2.75, 3.05) is 20.8 Å². The van der Waals surface area contributed by atoms with Gasteiger partial charge in [0.15, 0.2) is 0 Å². The van der Waals surface area contributed by atoms with Gasteiger partial charge in [-0.2, -0.15) is 13.2 Å². The van der Waals surface area contributed by atoms with E-state index in [1.165, 1.54) is 19.2 Å². The zero-order valence-electron chi connectivity index (χ0n) is 23.6. The fraction of sp³-hybridized carbons (Fsp3) is 0.219. The molecule has 0 atom stereocenters. The van der Waals surface area contributed by atoms with Crippen LogP contribution in [-0.2, 0) is 35.2 Å². The Hall–Kier alpha value is -4.48. The van der Waals surface area contributed by atoms with Crippen LogP contribution in [0.2, 0.25) is 5.02 Å². The van der Waals surface area contributed by atoms with Crippen molar-refractivity contribution < 1.29 is 36.6 Å². The van der Waals surface area contributed by atoms with Gasteiger partial charge in [-0.1, -0.05) is 35.9 Å². The van der Waals surface area contributed by atoms with E-state index in [0.717, 1.165) is 12.1 Å². The summed E-state index contributed by atoms with van der Waals surface area (Å²) >= 11 is 6.03. The number of methoxy groups -OCH3 is 2. The van der Waals surface area contributed by atoms with Crippen molar-refractivity contribution in [3.63, 3.8) is 0 Å². The van der Waals surface area contributed by atoms with E-state index >= 15 is 4.39 Å². The summed E-state index contributed by atoms with van der Waals surface area (Å²) in [7, 11) is 2.89. The van der Waals surface area contributed by atoms with E-state index in [0.29, 0.717) is 58.0 Å². The van der Waals surface area contributed by atoms with E-state index in [2.05, 4.69) is 9.97 Å². The molecule has 5 aromatic rings. The first-order valence-electron chi connectivity index (χ1n) is 13.4. The van der Waals surface area contributed by atoms with E-state index in [4.69, 9.17) is 25.8 Å². The van der Waals surface area contributed by atoms with Crippen LogP contribution in [0.1, 0.15) is 32.9 Å². The Morgan fingerprint density at radius 3 is 2.45 bits per heavy atom. The summed E-state index contributed by atoms with van der Waals surface area (Å²) in [6, 6.07) is 17.8. The van der Waals surface area contributed by atoms with Crippen LogP contribution in [0.3, 0.4) is 0 Å². The van der Waals surface area contributed by atoms with Gasteiger partial charge in [-0.15, -0.1) is 0 Å². The monoisotopic (exact) mass is 627 g/mol. The lowest BCUT2D eigenvalue weighted by Gasteiger charge is -2.12. The molecular weight excluding hydrogens is 602 g/mol. The molecule has 0 fully saturated rings. The highest BCUT2D eigenvalue weighted by Crippen LogP contribution is 2.32. The van der Waals surface area contributed by atoms with E-state index in [9.17, 15) is 18.0 Å². The third kappa shape index (κ3) is 6.84. The van der Waals surface area contributed by atoms with Crippen LogP contribution in [0.4, 0.5) is 17.6 Å². The van der Waals surface area contributed by atoms with Crippen molar-refractivity contribution in [2.24, 2.45) is 0 Å². The number of hydrogen-bond acceptors (Lipinski definition) is 6. The minimum absolute atomic E-state index is 0.0757. The van der Waals surface area contributed by atoms with E-state index < -0.39 is 23.5 Å². The summed E-state index contributed by atoms with van der Waals surface area (Å²) in [5.74, 6) is -0.143. The summed E-state index contributed by atoms with van der Waals surface area (Å²) in [6.07, 6.45) is -4.32. The largest absolute Gasteiger partial charge is 0.473 e. The van der Waals surface area contributed by atoms with Crippen LogP contribution in [0.15, 0.2) is 72.8 Å². The molecule has 0 unspecified atom stereocenters. The lowest BCUT2D eigenvalue weighted by atomic mass is 10.1. The number of ether oxygens (including phenoxy) is 3. The first-order chi connectivity index (χ1) is 21.1. The van der Waals surface area contributed by atoms with Gasteiger partial charge in [0.1, 0.15) is 18.2 Å². The first-order valence-corrected chi connectivity index (χ1v) is 13.8. The molecule has 44 heavy (non-hydrogen) atoms. The third-order valence-electron chi connectivity index (χ3n) is 6.94. The number of carbonyl (C=O) groups excluding carboxylic acids is 1. The van der Waals surface area contributed by atoms with Crippen LogP contribution >= 0.6 is 11.6 Å². The summed E-state index contributed by atoms with van der Waals surface area (Å²) in [6.45, 7) is 0.727. The molecule has 12 heteroatoms. The van der Waals surface area contributed by atoms with Gasteiger partial charge >= 0.3 is 12.1 Å². The second-order valence-electron chi connectivity index (χ2n) is 9.80. The molecule has 228 valence electrons. The summed E-state index contributed by atoms with van der Waals surface area (Å²) < 4.78 is 71.9. The molecule has 0 saturated carbocycles. The van der Waals surface area contributed by atoms with Gasteiger partial charge in [0.2, 0.25) is 5.88 Å². The molecule has 0 amide bonds. The number of nitrogens with zero attached hydrogens (tertiary/aromatic N) is 3. The molecular formula is C32H26ClF4N3O4. The van der Waals surface area contributed by atoms with Crippen molar-refractivity contribution in [1.29, 1.82) is 0 Å². The zero-order valence-corrected chi connectivity index (χ0v) is 24.4. The standard InChI is InChI=1S/C32H26ClF4N3O4/c1-42-13-12-40-28-15-21(31(41)43-2)9-11-27(28)38-29(40)16-19-6-7-20(14-25(19)34)26-4-3-5-30(39-26)44-18-22-8-10-23(17-24(22)33)32(35,36)37/h3-11,14-15,17H,12-13,16,18H2,1-2H3. The van der Waals surface area contributed by atoms with Crippen molar-refractivity contribution in [1.82, 2.24) is 14.5 Å². The number of pyridine rings is 1. The van der Waals surface area contributed by atoms with Gasteiger partial charge in [0.05, 0.1) is 41.6 Å². The molecule has 0 radical (unpaired) electrons. The SMILES string of the molecule is COCCn1c(Cc2ccc(-c3cccc(OCc4ccc(C(F)(F)F)cc4Cl)n3)cc2F)nc2ccc(C(=O)OC)cc21. The highest BCUT2D eigenvalue weighted by Gasteiger charge is 2.31. The Morgan fingerprint density at radius 1 is 0.955 bits per heavy atom. The second-order valence-corrected chi connectivity index (χ2v) is 10.2. The Bertz CT molecular complexity index is 1820. The van der Waals surface area contributed by atoms with E-state index in [1.807, 2.05) is 4.57 Å². The summed E-state index contributed by atoms with van der Waals surface area (Å²) in [5.41, 5.74) is 2.59. The lowest BCUT2D eigenvalue weighted by molar-refractivity contribution is -0.137. The summed E-state index contributed by atoms with van der Waals surface area (Å²) in [4.78, 5) is 21.2. The number of rotatable bonds is 10. The van der Waals surface area contributed by atoms with Crippen LogP contribution in [0.5, 0.6) is 5.88 Å². The molecule has 5 rings (SSSR count). The van der Waals surface area contributed by atoms with Gasteiger partial charge < -0.3 is 18.8 Å². The van der Waals surface area contributed by atoms with E-state index in [1.54, 1.807) is 55.6 Å². The number of benzene rings is 3. The van der Waals surface area contributed by atoms with Gasteiger partial charge in [-0.25, -0.2) is 19.2 Å². The number of fused-ring (bicyclic) bond motifs is 1. The molecule has 2 aromatic heterocycles. The predicted molar refractivity (Wildman–Crippen MR) is 156 cm³/mol. The molecule has 0 spiro atoms. The molecule has 0 N–H and O–H groups in total. The average molecular weight is 628 g/mol. The van der Waals surface area contributed by atoms with Crippen LogP contribution in [-0.4, -0.2) is 41.3 Å². The fourth-order valence-electron chi connectivity index (χ4n) is 4.65. The lowest BCUT2D eigenvalue weighted by Crippen LogP contribution is -2.10. The van der Waals surface area contributed by atoms with Gasteiger partial charge in [-0.3, -0.25) is 0 Å². The molecule has 0 aliphatic rings. The van der Waals surface area contributed by atoms with Crippen molar-refractivity contribution in [3.8, 4) is 17.1 Å². The van der Waals surface area contributed by atoms with Gasteiger partial charge in [-0.05, 0) is 48.0 Å². The quantitative estimate of drug-likeness (QED) is 0.118. The molecule has 0 saturated heterocycles. The van der Waals surface area contributed by atoms with Crippen LogP contribution < -0.4 is 4.74 Å². The molecule has 3 aromatic carbocycles. The fourth-order valence-corrected chi connectivity index (χ4v) is 4.89. The van der Waals surface area contributed by atoms with E-state index in [-0.39, 0.29) is 23.9 Å². The number of halogens is 5. The molecule has 7 nitrogen and oxygen atoms in total. The number of imidazole rings is 1. The average Bonchev–Trinajstić information content (AvgIpc) is 3.35. The predicted octanol–water partition coefficient (Wildman–Crippen LogP) is 7.51. The number of hydrogen-bond donors (Lipinski definition) is 0. The van der Waals surface area contributed by atoms with Crippen molar-refractivity contribution in [3.05, 3.63) is 112 Å². The minimum Gasteiger partial charge on any atom is -0.473 e. The highest BCUT2D eigenvalue weighted by atomic mass is 35.5. The molecule has 0 aliphatic heterocycles. The van der Waals surface area contributed by atoms with Gasteiger partial charge in [0.25, 0.3) is 0 Å². The van der Waals surface area contributed by atoms with Crippen molar-refractivity contribution in [2.45, 2.75) is 25.7 Å². The second kappa shape index (κ2) is 13.0. The van der Waals surface area contributed by atoms with Gasteiger partial charge in [0, 0.05) is 42.3 Å². The van der Waals surface area contributed by atoms with Crippen LogP contribution in [0.25, 0.3) is 22.3 Å². The number of esters is 1.